The number of nitriles is 1. The molecule has 0 saturated carbocycles. The van der Waals surface area contributed by atoms with Crippen LogP contribution in [0.5, 0.6) is 0 Å². The van der Waals surface area contributed by atoms with Crippen LogP contribution in [0.4, 0.5) is 17.1 Å². The maximum atomic E-state index is 9.08. The molecule has 0 atom stereocenters. The van der Waals surface area contributed by atoms with Crippen LogP contribution >= 0.6 is 23.2 Å². The number of benzene rings is 2. The van der Waals surface area contributed by atoms with E-state index in [4.69, 9.17) is 34.2 Å². The Morgan fingerprint density at radius 1 is 1.11 bits per heavy atom. The summed E-state index contributed by atoms with van der Waals surface area (Å²) in [4.78, 5) is 0. The number of nitrogens with two attached hydrogens (primary N) is 1. The lowest BCUT2D eigenvalue weighted by Crippen LogP contribution is -1.96. The minimum atomic E-state index is 0.452. The Kier molecular flexibility index (Phi) is 3.84. The van der Waals surface area contributed by atoms with Crippen molar-refractivity contribution in [2.75, 3.05) is 11.1 Å². The van der Waals surface area contributed by atoms with Crippen molar-refractivity contribution in [3.63, 3.8) is 0 Å². The highest BCUT2D eigenvalue weighted by Crippen LogP contribution is 2.32. The van der Waals surface area contributed by atoms with E-state index >= 15 is 0 Å². The van der Waals surface area contributed by atoms with Crippen molar-refractivity contribution >= 4 is 40.3 Å². The fourth-order valence-corrected chi connectivity index (χ4v) is 2.08. The second-order valence-electron chi connectivity index (χ2n) is 4.12. The van der Waals surface area contributed by atoms with Gasteiger partial charge in [-0.2, -0.15) is 5.26 Å². The summed E-state index contributed by atoms with van der Waals surface area (Å²) in [7, 11) is 0. The van der Waals surface area contributed by atoms with Crippen molar-refractivity contribution in [2.45, 2.75) is 6.92 Å². The van der Waals surface area contributed by atoms with E-state index in [0.29, 0.717) is 32.7 Å². The van der Waals surface area contributed by atoms with Crippen LogP contribution in [0, 0.1) is 18.3 Å². The molecule has 2 aromatic rings. The van der Waals surface area contributed by atoms with Gasteiger partial charge in [0.05, 0.1) is 22.0 Å². The molecule has 0 aromatic heterocycles. The van der Waals surface area contributed by atoms with Crippen LogP contribution in [0.2, 0.25) is 10.0 Å². The zero-order valence-corrected chi connectivity index (χ0v) is 11.7. The van der Waals surface area contributed by atoms with Crippen molar-refractivity contribution in [1.29, 1.82) is 5.26 Å². The van der Waals surface area contributed by atoms with Crippen LogP contribution in [-0.2, 0) is 0 Å². The third-order valence-corrected chi connectivity index (χ3v) is 3.40. The van der Waals surface area contributed by atoms with Crippen LogP contribution < -0.4 is 11.1 Å². The summed E-state index contributed by atoms with van der Waals surface area (Å²) in [6.45, 7) is 1.88. The van der Waals surface area contributed by atoms with Crippen molar-refractivity contribution in [3.05, 3.63) is 51.5 Å². The molecule has 0 aliphatic carbocycles. The van der Waals surface area contributed by atoms with Gasteiger partial charge < -0.3 is 11.1 Å². The SMILES string of the molecule is Cc1cc(Cl)c(Nc2ccc(N)cc2C#N)cc1Cl. The molecule has 0 heterocycles. The Balaban J connectivity index is 2.42. The third-order valence-electron chi connectivity index (χ3n) is 2.68. The first-order chi connectivity index (χ1) is 9.01. The zero-order chi connectivity index (χ0) is 14.0. The Hall–Kier alpha value is -1.89. The number of halogens is 2. The Bertz CT molecular complexity index is 675. The topological polar surface area (TPSA) is 61.8 Å². The molecule has 5 heteroatoms. The smallest absolute Gasteiger partial charge is 0.101 e. The first kappa shape index (κ1) is 13.5. The molecule has 96 valence electrons. The summed E-state index contributed by atoms with van der Waals surface area (Å²) in [6.07, 6.45) is 0. The molecule has 3 nitrogen and oxygen atoms in total. The number of anilines is 3. The predicted octanol–water partition coefficient (Wildman–Crippen LogP) is 4.50. The number of hydrogen-bond acceptors (Lipinski definition) is 3. The molecule has 2 aromatic carbocycles. The van der Waals surface area contributed by atoms with Crippen LogP contribution in [0.3, 0.4) is 0 Å². The maximum absolute atomic E-state index is 9.08. The fourth-order valence-electron chi connectivity index (χ4n) is 1.65. The Labute approximate surface area is 121 Å². The minimum Gasteiger partial charge on any atom is -0.399 e. The number of hydrogen-bond donors (Lipinski definition) is 2. The largest absolute Gasteiger partial charge is 0.399 e. The molecule has 0 aliphatic heterocycles. The number of nitrogens with one attached hydrogen (secondary N) is 1. The highest BCUT2D eigenvalue weighted by molar-refractivity contribution is 6.35. The predicted molar refractivity (Wildman–Crippen MR) is 80.1 cm³/mol. The summed E-state index contributed by atoms with van der Waals surface area (Å²) in [6, 6.07) is 10.6. The van der Waals surface area contributed by atoms with Gasteiger partial charge in [-0.05, 0) is 42.8 Å². The fraction of sp³-hybridized carbons (Fsp3) is 0.0714. The van der Waals surface area contributed by atoms with E-state index in [2.05, 4.69) is 11.4 Å². The summed E-state index contributed by atoms with van der Waals surface area (Å²) >= 11 is 12.2. The highest BCUT2D eigenvalue weighted by Gasteiger charge is 2.08. The van der Waals surface area contributed by atoms with Crippen molar-refractivity contribution in [1.82, 2.24) is 0 Å². The number of aryl methyl sites for hydroxylation is 1. The number of nitrogen functional groups attached to an aromatic ring is 1. The first-order valence-corrected chi connectivity index (χ1v) is 6.29. The molecular formula is C14H11Cl2N3. The summed E-state index contributed by atoms with van der Waals surface area (Å²) < 4.78 is 0. The van der Waals surface area contributed by atoms with Crippen LogP contribution in [0.1, 0.15) is 11.1 Å². The second kappa shape index (κ2) is 5.40. The van der Waals surface area contributed by atoms with E-state index in [1.165, 1.54) is 0 Å². The zero-order valence-electron chi connectivity index (χ0n) is 10.2. The van der Waals surface area contributed by atoms with Gasteiger partial charge >= 0.3 is 0 Å². The van der Waals surface area contributed by atoms with E-state index in [0.717, 1.165) is 5.56 Å². The molecule has 19 heavy (non-hydrogen) atoms. The normalized spacial score (nSPS) is 10.0. The Morgan fingerprint density at radius 3 is 2.53 bits per heavy atom. The molecule has 0 spiro atoms. The van der Waals surface area contributed by atoms with Crippen LogP contribution in [0.15, 0.2) is 30.3 Å². The number of rotatable bonds is 2. The monoisotopic (exact) mass is 291 g/mol. The molecule has 0 amide bonds. The van der Waals surface area contributed by atoms with Gasteiger partial charge in [0.25, 0.3) is 0 Å². The van der Waals surface area contributed by atoms with E-state index in [-0.39, 0.29) is 0 Å². The molecule has 0 aliphatic rings. The van der Waals surface area contributed by atoms with E-state index in [1.54, 1.807) is 30.3 Å². The van der Waals surface area contributed by atoms with Gasteiger partial charge in [-0.25, -0.2) is 0 Å². The van der Waals surface area contributed by atoms with Gasteiger partial charge in [0, 0.05) is 10.7 Å². The molecular weight excluding hydrogens is 281 g/mol. The average Bonchev–Trinajstić information content (AvgIpc) is 2.37. The average molecular weight is 292 g/mol. The molecule has 0 radical (unpaired) electrons. The van der Waals surface area contributed by atoms with Gasteiger partial charge in [0.1, 0.15) is 6.07 Å². The van der Waals surface area contributed by atoms with Gasteiger partial charge in [0.2, 0.25) is 0 Å². The summed E-state index contributed by atoms with van der Waals surface area (Å²) in [5, 5.41) is 13.3. The van der Waals surface area contributed by atoms with Gasteiger partial charge in [-0.3, -0.25) is 0 Å². The summed E-state index contributed by atoms with van der Waals surface area (Å²) in [5.41, 5.74) is 8.82. The van der Waals surface area contributed by atoms with Crippen LogP contribution in [-0.4, -0.2) is 0 Å². The maximum Gasteiger partial charge on any atom is 0.101 e. The molecule has 0 unspecified atom stereocenters. The first-order valence-electron chi connectivity index (χ1n) is 5.53. The van der Waals surface area contributed by atoms with Crippen molar-refractivity contribution in [2.24, 2.45) is 0 Å². The van der Waals surface area contributed by atoms with E-state index < -0.39 is 0 Å². The third kappa shape index (κ3) is 2.93. The molecule has 2 rings (SSSR count). The Morgan fingerprint density at radius 2 is 1.84 bits per heavy atom. The van der Waals surface area contributed by atoms with E-state index in [9.17, 15) is 0 Å². The second-order valence-corrected chi connectivity index (χ2v) is 4.94. The molecule has 3 N–H and O–H groups in total. The van der Waals surface area contributed by atoms with Crippen LogP contribution in [0.25, 0.3) is 0 Å². The quantitative estimate of drug-likeness (QED) is 0.801. The lowest BCUT2D eigenvalue weighted by atomic mass is 10.1. The minimum absolute atomic E-state index is 0.452. The standard InChI is InChI=1S/C14H11Cl2N3/c1-8-4-12(16)14(6-11(8)15)19-13-3-2-10(18)5-9(13)7-17/h2-6,19H,18H2,1H3. The van der Waals surface area contributed by atoms with Gasteiger partial charge in [-0.1, -0.05) is 23.2 Å². The molecule has 0 bridgehead atoms. The van der Waals surface area contributed by atoms with Gasteiger partial charge in [-0.15, -0.1) is 0 Å². The van der Waals surface area contributed by atoms with Crippen molar-refractivity contribution < 1.29 is 0 Å². The van der Waals surface area contributed by atoms with Gasteiger partial charge in [0.15, 0.2) is 0 Å². The molecule has 0 saturated heterocycles. The summed E-state index contributed by atoms with van der Waals surface area (Å²) in [5.74, 6) is 0. The highest BCUT2D eigenvalue weighted by atomic mass is 35.5. The lowest BCUT2D eigenvalue weighted by Gasteiger charge is -2.12. The van der Waals surface area contributed by atoms with E-state index in [1.807, 2.05) is 6.92 Å². The van der Waals surface area contributed by atoms with Crippen molar-refractivity contribution in [3.8, 4) is 6.07 Å². The molecule has 0 fully saturated rings. The lowest BCUT2D eigenvalue weighted by molar-refractivity contribution is 1.43. The number of nitrogens with zero attached hydrogens (tertiary/aromatic N) is 1.